The molecular weight excluding hydrogens is 360 g/mol. The molecule has 2 aromatic heterocycles. The molecule has 1 saturated carbocycles. The molecule has 2 heterocycles. The molecule has 1 aliphatic carbocycles. The van der Waals surface area contributed by atoms with Gasteiger partial charge in [-0.15, -0.1) is 0 Å². The highest BCUT2D eigenvalue weighted by Crippen LogP contribution is 2.40. The molecule has 0 aliphatic heterocycles. The van der Waals surface area contributed by atoms with Crippen LogP contribution < -0.4 is 5.32 Å². The van der Waals surface area contributed by atoms with E-state index in [9.17, 15) is 9.59 Å². The van der Waals surface area contributed by atoms with E-state index in [0.29, 0.717) is 29.3 Å². The highest BCUT2D eigenvalue weighted by molar-refractivity contribution is 5.97. The number of hydrogen-bond acceptors (Lipinski definition) is 6. The third-order valence-electron chi connectivity index (χ3n) is 4.65. The second-order valence-electron chi connectivity index (χ2n) is 6.81. The lowest BCUT2D eigenvalue weighted by atomic mass is 10.0. The number of esters is 1. The van der Waals surface area contributed by atoms with Crippen LogP contribution in [0.25, 0.3) is 11.1 Å². The number of methoxy groups -OCH3 is 1. The predicted molar refractivity (Wildman–Crippen MR) is 99.6 cm³/mol. The summed E-state index contributed by atoms with van der Waals surface area (Å²) >= 11 is 0. The fourth-order valence-electron chi connectivity index (χ4n) is 2.99. The number of ether oxygens (including phenoxy) is 1. The van der Waals surface area contributed by atoms with Crippen molar-refractivity contribution in [1.82, 2.24) is 20.3 Å². The second kappa shape index (κ2) is 7.30. The minimum atomic E-state index is -0.504. The molecule has 0 radical (unpaired) electrons. The van der Waals surface area contributed by atoms with Crippen LogP contribution in [-0.4, -0.2) is 33.9 Å². The van der Waals surface area contributed by atoms with Crippen LogP contribution in [0, 0.1) is 0 Å². The van der Waals surface area contributed by atoms with Crippen molar-refractivity contribution in [3.05, 3.63) is 59.2 Å². The van der Waals surface area contributed by atoms with Gasteiger partial charge in [0.15, 0.2) is 5.69 Å². The van der Waals surface area contributed by atoms with Crippen LogP contribution >= 0.6 is 0 Å². The van der Waals surface area contributed by atoms with E-state index < -0.39 is 5.97 Å². The maximum Gasteiger partial charge on any atom is 0.359 e. The first-order valence-corrected chi connectivity index (χ1v) is 9.01. The van der Waals surface area contributed by atoms with Gasteiger partial charge >= 0.3 is 5.97 Å². The fraction of sp³-hybridized carbons (Fsp3) is 0.300. The first-order chi connectivity index (χ1) is 13.5. The van der Waals surface area contributed by atoms with Gasteiger partial charge in [-0.05, 0) is 30.5 Å². The summed E-state index contributed by atoms with van der Waals surface area (Å²) in [6.07, 6.45) is 4.02. The van der Waals surface area contributed by atoms with Crippen LogP contribution in [0.3, 0.4) is 0 Å². The average molecular weight is 380 g/mol. The number of amides is 1. The van der Waals surface area contributed by atoms with Crippen LogP contribution in [-0.2, 0) is 18.3 Å². The molecular formula is C20H20N4O4. The van der Waals surface area contributed by atoms with E-state index in [1.807, 2.05) is 6.07 Å². The van der Waals surface area contributed by atoms with E-state index in [1.165, 1.54) is 7.11 Å². The Kier molecular flexibility index (Phi) is 4.68. The molecule has 1 aliphatic rings. The highest BCUT2D eigenvalue weighted by atomic mass is 16.5. The van der Waals surface area contributed by atoms with Crippen molar-refractivity contribution in [3.8, 4) is 11.1 Å². The first kappa shape index (κ1) is 18.0. The Morgan fingerprint density at radius 1 is 1.29 bits per heavy atom. The zero-order valence-electron chi connectivity index (χ0n) is 15.6. The van der Waals surface area contributed by atoms with Gasteiger partial charge in [0.25, 0.3) is 5.91 Å². The zero-order chi connectivity index (χ0) is 19.7. The molecule has 0 atom stereocenters. The Balaban J connectivity index is 1.43. The summed E-state index contributed by atoms with van der Waals surface area (Å²) in [5.74, 6) is 0.677. The van der Waals surface area contributed by atoms with Gasteiger partial charge in [0, 0.05) is 36.4 Å². The third-order valence-corrected chi connectivity index (χ3v) is 4.65. The first-order valence-electron chi connectivity index (χ1n) is 9.01. The van der Waals surface area contributed by atoms with Gasteiger partial charge in [0.05, 0.1) is 13.7 Å². The van der Waals surface area contributed by atoms with Crippen LogP contribution in [0.15, 0.2) is 41.1 Å². The SMILES string of the molecule is COC(=O)c1nn(C)cc1-c1ccc(C(=O)NCc2cc(C3CC3)on2)cc1. The smallest absolute Gasteiger partial charge is 0.359 e. The summed E-state index contributed by atoms with van der Waals surface area (Å²) in [4.78, 5) is 24.3. The Morgan fingerprint density at radius 2 is 2.04 bits per heavy atom. The standard InChI is InChI=1S/C20H20N4O4/c1-24-11-16(18(22-24)20(26)27-2)12-3-7-14(8-4-12)19(25)21-10-15-9-17(28-23-15)13-5-6-13/h3-4,7-9,11,13H,5-6,10H2,1-2H3,(H,21,25). The summed E-state index contributed by atoms with van der Waals surface area (Å²) in [5, 5.41) is 11.0. The third kappa shape index (κ3) is 3.66. The molecule has 144 valence electrons. The summed E-state index contributed by atoms with van der Waals surface area (Å²) in [6, 6.07) is 8.87. The van der Waals surface area contributed by atoms with Gasteiger partial charge in [0.1, 0.15) is 11.5 Å². The minimum absolute atomic E-state index is 0.207. The molecule has 3 aromatic rings. The molecule has 1 N–H and O–H groups in total. The van der Waals surface area contributed by atoms with Gasteiger partial charge in [-0.3, -0.25) is 9.48 Å². The number of nitrogens with one attached hydrogen (secondary N) is 1. The lowest BCUT2D eigenvalue weighted by Gasteiger charge is -2.05. The molecule has 4 rings (SSSR count). The molecule has 1 fully saturated rings. The largest absolute Gasteiger partial charge is 0.464 e. The Bertz CT molecular complexity index is 1020. The van der Waals surface area contributed by atoms with Crippen molar-refractivity contribution in [2.24, 2.45) is 7.05 Å². The van der Waals surface area contributed by atoms with Gasteiger partial charge in [-0.25, -0.2) is 4.79 Å². The van der Waals surface area contributed by atoms with Crippen molar-refractivity contribution in [3.63, 3.8) is 0 Å². The molecule has 8 heteroatoms. The van der Waals surface area contributed by atoms with Crippen LogP contribution in [0.5, 0.6) is 0 Å². The Morgan fingerprint density at radius 3 is 2.71 bits per heavy atom. The fourth-order valence-corrected chi connectivity index (χ4v) is 2.99. The number of hydrogen-bond donors (Lipinski definition) is 1. The van der Waals surface area contributed by atoms with Crippen LogP contribution in [0.4, 0.5) is 0 Å². The zero-order valence-corrected chi connectivity index (χ0v) is 15.6. The summed E-state index contributed by atoms with van der Waals surface area (Å²) < 4.78 is 11.6. The van der Waals surface area contributed by atoms with E-state index in [1.54, 1.807) is 42.2 Å². The summed E-state index contributed by atoms with van der Waals surface area (Å²) in [7, 11) is 3.05. The Labute approximate surface area is 161 Å². The summed E-state index contributed by atoms with van der Waals surface area (Å²) in [5.41, 5.74) is 2.88. The number of benzene rings is 1. The molecule has 0 saturated heterocycles. The number of rotatable bonds is 6. The minimum Gasteiger partial charge on any atom is -0.464 e. The Hall–Kier alpha value is -3.42. The summed E-state index contributed by atoms with van der Waals surface area (Å²) in [6.45, 7) is 0.311. The van der Waals surface area contributed by atoms with Crippen molar-refractivity contribution in [2.45, 2.75) is 25.3 Å². The predicted octanol–water partition coefficient (Wildman–Crippen LogP) is 2.67. The van der Waals surface area contributed by atoms with E-state index >= 15 is 0 Å². The van der Waals surface area contributed by atoms with Gasteiger partial charge in [-0.2, -0.15) is 5.10 Å². The van der Waals surface area contributed by atoms with Gasteiger partial charge in [-0.1, -0.05) is 17.3 Å². The molecule has 28 heavy (non-hydrogen) atoms. The van der Waals surface area contributed by atoms with Crippen molar-refractivity contribution in [2.75, 3.05) is 7.11 Å². The quantitative estimate of drug-likeness (QED) is 0.660. The average Bonchev–Trinajstić information content (AvgIpc) is 3.33. The number of nitrogens with zero attached hydrogens (tertiary/aromatic N) is 3. The number of aromatic nitrogens is 3. The van der Waals surface area contributed by atoms with E-state index in [2.05, 4.69) is 15.6 Å². The van der Waals surface area contributed by atoms with Gasteiger partial charge in [0.2, 0.25) is 0 Å². The van der Waals surface area contributed by atoms with Crippen molar-refractivity contribution >= 4 is 11.9 Å². The van der Waals surface area contributed by atoms with E-state index in [-0.39, 0.29) is 11.6 Å². The second-order valence-corrected chi connectivity index (χ2v) is 6.81. The normalized spacial score (nSPS) is 13.4. The van der Waals surface area contributed by atoms with E-state index in [4.69, 9.17) is 9.26 Å². The molecule has 0 bridgehead atoms. The van der Waals surface area contributed by atoms with Crippen LogP contribution in [0.2, 0.25) is 0 Å². The van der Waals surface area contributed by atoms with Crippen LogP contribution in [0.1, 0.15) is 51.1 Å². The molecule has 1 aromatic carbocycles. The lowest BCUT2D eigenvalue weighted by molar-refractivity contribution is 0.0594. The number of aryl methyl sites for hydroxylation is 1. The molecule has 8 nitrogen and oxygen atoms in total. The lowest BCUT2D eigenvalue weighted by Crippen LogP contribution is -2.22. The maximum atomic E-state index is 12.4. The molecule has 1 amide bonds. The van der Waals surface area contributed by atoms with Crippen molar-refractivity contribution < 1.29 is 18.8 Å². The van der Waals surface area contributed by atoms with E-state index in [0.717, 1.165) is 24.2 Å². The number of carbonyl (C=O) groups excluding carboxylic acids is 2. The van der Waals surface area contributed by atoms with Crippen molar-refractivity contribution in [1.29, 1.82) is 0 Å². The number of carbonyl (C=O) groups is 2. The monoisotopic (exact) mass is 380 g/mol. The maximum absolute atomic E-state index is 12.4. The molecule has 0 spiro atoms. The van der Waals surface area contributed by atoms with Gasteiger partial charge < -0.3 is 14.6 Å². The molecule has 0 unspecified atom stereocenters. The topological polar surface area (TPSA) is 99.2 Å². The highest BCUT2D eigenvalue weighted by Gasteiger charge is 2.27.